The first-order chi connectivity index (χ1) is 13.0. The van der Waals surface area contributed by atoms with E-state index < -0.39 is 10.9 Å². The molecule has 2 aromatic rings. The van der Waals surface area contributed by atoms with E-state index in [9.17, 15) is 14.9 Å². The summed E-state index contributed by atoms with van der Waals surface area (Å²) in [5, 5.41) is 11.4. The minimum Gasteiger partial charge on any atom is -0.484 e. The Labute approximate surface area is 159 Å². The summed E-state index contributed by atoms with van der Waals surface area (Å²) in [5.74, 6) is -0.274. The predicted octanol–water partition coefficient (Wildman–Crippen LogP) is 5.55. The Bertz CT molecular complexity index is 760. The molecule has 0 amide bonds. The third kappa shape index (κ3) is 6.40. The Balaban J connectivity index is 2.05. The minimum atomic E-state index is -0.567. The number of unbranched alkanes of at least 4 members (excludes halogenated alkanes) is 3. The number of nitrogens with zero attached hydrogens (tertiary/aromatic N) is 1. The summed E-state index contributed by atoms with van der Waals surface area (Å²) >= 11 is 0. The first-order valence-corrected chi connectivity index (χ1v) is 9.23. The van der Waals surface area contributed by atoms with Gasteiger partial charge in [-0.1, -0.05) is 44.4 Å². The number of esters is 1. The van der Waals surface area contributed by atoms with Crippen LogP contribution in [0.4, 0.5) is 5.69 Å². The van der Waals surface area contributed by atoms with E-state index in [1.807, 2.05) is 6.92 Å². The molecule has 6 heteroatoms. The normalized spacial score (nSPS) is 11.6. The zero-order valence-corrected chi connectivity index (χ0v) is 15.7. The van der Waals surface area contributed by atoms with E-state index in [1.165, 1.54) is 24.6 Å². The molecule has 0 bridgehead atoms. The molecular weight excluding hydrogens is 346 g/mol. The van der Waals surface area contributed by atoms with Gasteiger partial charge in [0, 0.05) is 0 Å². The highest BCUT2D eigenvalue weighted by atomic mass is 16.6. The maximum Gasteiger partial charge on any atom is 0.343 e. The topological polar surface area (TPSA) is 78.7 Å². The average molecular weight is 371 g/mol. The Morgan fingerprint density at radius 3 is 2.52 bits per heavy atom. The third-order valence-corrected chi connectivity index (χ3v) is 4.14. The maximum atomic E-state index is 12.1. The molecule has 0 aliphatic carbocycles. The van der Waals surface area contributed by atoms with E-state index in [1.54, 1.807) is 30.3 Å². The summed E-state index contributed by atoms with van der Waals surface area (Å²) in [7, 11) is 0. The smallest absolute Gasteiger partial charge is 0.343 e. The summed E-state index contributed by atoms with van der Waals surface area (Å²) in [6.07, 6.45) is 5.19. The molecule has 0 aromatic heterocycles. The first-order valence-electron chi connectivity index (χ1n) is 9.23. The number of benzene rings is 2. The molecule has 0 aliphatic heterocycles. The van der Waals surface area contributed by atoms with Gasteiger partial charge in [0.15, 0.2) is 5.75 Å². The van der Waals surface area contributed by atoms with Crippen molar-refractivity contribution in [3.8, 4) is 11.5 Å². The van der Waals surface area contributed by atoms with E-state index in [0.717, 1.165) is 25.7 Å². The second-order valence-corrected chi connectivity index (χ2v) is 6.42. The Kier molecular flexibility index (Phi) is 7.79. The number of nitro groups is 1. The molecule has 6 nitrogen and oxygen atoms in total. The fraction of sp³-hybridized carbons (Fsp3) is 0.381. The maximum absolute atomic E-state index is 12.1. The van der Waals surface area contributed by atoms with Crippen LogP contribution in [0.1, 0.15) is 56.3 Å². The zero-order chi connectivity index (χ0) is 19.6. The molecular formula is C21H25NO5. The van der Waals surface area contributed by atoms with E-state index >= 15 is 0 Å². The van der Waals surface area contributed by atoms with Crippen LogP contribution >= 0.6 is 0 Å². The number of carbonyl (C=O) groups excluding carboxylic acids is 1. The van der Waals surface area contributed by atoms with Crippen LogP contribution in [0.25, 0.3) is 0 Å². The van der Waals surface area contributed by atoms with E-state index in [-0.39, 0.29) is 23.3 Å². The van der Waals surface area contributed by atoms with Gasteiger partial charge in [0.05, 0.1) is 22.7 Å². The highest BCUT2D eigenvalue weighted by molar-refractivity contribution is 5.91. The van der Waals surface area contributed by atoms with Gasteiger partial charge in [-0.15, -0.1) is 0 Å². The second-order valence-electron chi connectivity index (χ2n) is 6.42. The molecule has 144 valence electrons. The minimum absolute atomic E-state index is 0.110. The largest absolute Gasteiger partial charge is 0.484 e. The fourth-order valence-electron chi connectivity index (χ4n) is 2.68. The van der Waals surface area contributed by atoms with Gasteiger partial charge in [-0.2, -0.15) is 0 Å². The number of nitro benzene ring substituents is 1. The lowest BCUT2D eigenvalue weighted by Crippen LogP contribution is -2.13. The summed E-state index contributed by atoms with van der Waals surface area (Å²) in [5.41, 5.74) is 0.162. The highest BCUT2D eigenvalue weighted by Gasteiger charge is 2.20. The van der Waals surface area contributed by atoms with Crippen LogP contribution in [-0.2, 0) is 0 Å². The van der Waals surface area contributed by atoms with Gasteiger partial charge in [0.1, 0.15) is 5.75 Å². The van der Waals surface area contributed by atoms with Crippen LogP contribution in [0.2, 0.25) is 0 Å². The van der Waals surface area contributed by atoms with Crippen LogP contribution in [0.3, 0.4) is 0 Å². The van der Waals surface area contributed by atoms with Crippen LogP contribution in [0.15, 0.2) is 48.5 Å². The lowest BCUT2D eigenvalue weighted by Gasteiger charge is -2.15. The van der Waals surface area contributed by atoms with Gasteiger partial charge in [0.2, 0.25) is 0 Å². The predicted molar refractivity (Wildman–Crippen MR) is 103 cm³/mol. The number of hydrogen-bond donors (Lipinski definition) is 0. The molecule has 27 heavy (non-hydrogen) atoms. The monoisotopic (exact) mass is 371 g/mol. The molecule has 0 heterocycles. The van der Waals surface area contributed by atoms with Crippen LogP contribution < -0.4 is 9.47 Å². The van der Waals surface area contributed by atoms with Gasteiger partial charge >= 0.3 is 11.7 Å². The van der Waals surface area contributed by atoms with Gasteiger partial charge in [-0.3, -0.25) is 10.1 Å². The number of hydrogen-bond acceptors (Lipinski definition) is 5. The van der Waals surface area contributed by atoms with Crippen molar-refractivity contribution in [3.05, 3.63) is 64.2 Å². The average Bonchev–Trinajstić information content (AvgIpc) is 2.67. The molecule has 0 fully saturated rings. The van der Waals surface area contributed by atoms with E-state index in [0.29, 0.717) is 5.56 Å². The highest BCUT2D eigenvalue weighted by Crippen LogP contribution is 2.32. The quantitative estimate of drug-likeness (QED) is 0.180. The Morgan fingerprint density at radius 2 is 1.85 bits per heavy atom. The van der Waals surface area contributed by atoms with Crippen LogP contribution in [0, 0.1) is 10.1 Å². The SMILES string of the molecule is CCCCCC[C@@H](C)Oc1ccc(OC(=O)c2ccccc2)cc1[N+](=O)[O-]. The van der Waals surface area contributed by atoms with E-state index in [2.05, 4.69) is 6.92 Å². The van der Waals surface area contributed by atoms with Gasteiger partial charge in [-0.25, -0.2) is 4.79 Å². The Morgan fingerprint density at radius 1 is 1.11 bits per heavy atom. The van der Waals surface area contributed by atoms with Crippen molar-refractivity contribution in [3.63, 3.8) is 0 Å². The van der Waals surface area contributed by atoms with Crippen molar-refractivity contribution in [2.24, 2.45) is 0 Å². The van der Waals surface area contributed by atoms with Gasteiger partial charge in [0.25, 0.3) is 0 Å². The summed E-state index contributed by atoms with van der Waals surface area (Å²) in [6, 6.07) is 12.7. The number of carbonyl (C=O) groups is 1. The van der Waals surface area contributed by atoms with Crippen molar-refractivity contribution in [1.82, 2.24) is 0 Å². The number of rotatable bonds is 10. The van der Waals surface area contributed by atoms with Crippen molar-refractivity contribution >= 4 is 11.7 Å². The first kappa shape index (κ1) is 20.4. The molecule has 1 atom stereocenters. The molecule has 2 rings (SSSR count). The molecule has 0 unspecified atom stereocenters. The summed E-state index contributed by atoms with van der Waals surface area (Å²) < 4.78 is 11.0. The molecule has 0 saturated heterocycles. The van der Waals surface area contributed by atoms with Gasteiger partial charge < -0.3 is 9.47 Å². The summed E-state index contributed by atoms with van der Waals surface area (Å²) in [6.45, 7) is 4.05. The third-order valence-electron chi connectivity index (χ3n) is 4.14. The molecule has 0 N–H and O–H groups in total. The van der Waals surface area contributed by atoms with Crippen molar-refractivity contribution in [2.45, 2.75) is 52.1 Å². The standard InChI is InChI=1S/C21H25NO5/c1-3-4-5-7-10-16(2)26-20-14-13-18(15-19(20)22(24)25)27-21(23)17-11-8-6-9-12-17/h6,8-9,11-16H,3-5,7,10H2,1-2H3/t16-/m1/s1. The zero-order valence-electron chi connectivity index (χ0n) is 15.7. The second kappa shape index (κ2) is 10.3. The summed E-state index contributed by atoms with van der Waals surface area (Å²) in [4.78, 5) is 23.0. The van der Waals surface area contributed by atoms with E-state index in [4.69, 9.17) is 9.47 Å². The van der Waals surface area contributed by atoms with Crippen molar-refractivity contribution < 1.29 is 19.2 Å². The lowest BCUT2D eigenvalue weighted by molar-refractivity contribution is -0.386. The molecule has 0 spiro atoms. The lowest BCUT2D eigenvalue weighted by atomic mass is 10.1. The van der Waals surface area contributed by atoms with Crippen LogP contribution in [-0.4, -0.2) is 17.0 Å². The van der Waals surface area contributed by atoms with Crippen LogP contribution in [0.5, 0.6) is 11.5 Å². The fourth-order valence-corrected chi connectivity index (χ4v) is 2.68. The van der Waals surface area contributed by atoms with Crippen molar-refractivity contribution in [2.75, 3.05) is 0 Å². The van der Waals surface area contributed by atoms with Gasteiger partial charge in [-0.05, 0) is 44.0 Å². The molecule has 0 aliphatic rings. The van der Waals surface area contributed by atoms with Crippen molar-refractivity contribution in [1.29, 1.82) is 0 Å². The molecule has 0 saturated carbocycles. The molecule has 2 aromatic carbocycles. The molecule has 0 radical (unpaired) electrons. The number of ether oxygens (including phenoxy) is 2. The Hall–Kier alpha value is -2.89.